The fourth-order valence-electron chi connectivity index (χ4n) is 4.15. The molecule has 0 heterocycles. The highest BCUT2D eigenvalue weighted by Crippen LogP contribution is 2.43. The summed E-state index contributed by atoms with van der Waals surface area (Å²) in [5.74, 6) is 2.96. The Morgan fingerprint density at radius 2 is 1.82 bits per heavy atom. The van der Waals surface area contributed by atoms with Gasteiger partial charge in [-0.2, -0.15) is 0 Å². The molecule has 0 radical (unpaired) electrons. The zero-order valence-electron chi connectivity index (χ0n) is 11.4. The minimum absolute atomic E-state index is 0.314. The van der Waals surface area contributed by atoms with Crippen LogP contribution in [0.2, 0.25) is 0 Å². The number of fused-ring (bicyclic) bond motifs is 1. The van der Waals surface area contributed by atoms with Crippen LogP contribution >= 0.6 is 0 Å². The summed E-state index contributed by atoms with van der Waals surface area (Å²) in [6.07, 6.45) is 10.3. The minimum atomic E-state index is 0.314. The lowest BCUT2D eigenvalue weighted by Crippen LogP contribution is -2.40. The summed E-state index contributed by atoms with van der Waals surface area (Å²) in [5.41, 5.74) is 0. The average Bonchev–Trinajstić information content (AvgIpc) is 2.38. The first-order valence-electron chi connectivity index (χ1n) is 7.68. The van der Waals surface area contributed by atoms with Crippen LogP contribution in [0.5, 0.6) is 0 Å². The van der Waals surface area contributed by atoms with Gasteiger partial charge in [-0.15, -0.1) is 0 Å². The normalized spacial score (nSPS) is 33.7. The standard InChI is InChI=1S/C15H29NO/c1-2-16(10-11-17)12-14-8-5-7-13-6-3-4-9-15(13)14/h13-15,17H,2-12H2,1H3. The number of hydrogen-bond acceptors (Lipinski definition) is 2. The maximum atomic E-state index is 9.09. The Morgan fingerprint density at radius 1 is 1.06 bits per heavy atom. The molecule has 2 aliphatic carbocycles. The third-order valence-corrected chi connectivity index (χ3v) is 5.08. The van der Waals surface area contributed by atoms with Crippen molar-refractivity contribution in [1.82, 2.24) is 4.90 Å². The van der Waals surface area contributed by atoms with Crippen molar-refractivity contribution in [1.29, 1.82) is 0 Å². The van der Waals surface area contributed by atoms with Gasteiger partial charge < -0.3 is 10.0 Å². The number of nitrogens with zero attached hydrogens (tertiary/aromatic N) is 1. The third kappa shape index (κ3) is 3.45. The van der Waals surface area contributed by atoms with Crippen LogP contribution in [-0.4, -0.2) is 36.2 Å². The van der Waals surface area contributed by atoms with E-state index < -0.39 is 0 Å². The molecule has 0 aromatic heterocycles. The van der Waals surface area contributed by atoms with E-state index in [1.807, 2.05) is 0 Å². The van der Waals surface area contributed by atoms with Gasteiger partial charge in [0.05, 0.1) is 6.61 Å². The molecular formula is C15H29NO. The topological polar surface area (TPSA) is 23.5 Å². The molecule has 3 atom stereocenters. The highest BCUT2D eigenvalue weighted by Gasteiger charge is 2.35. The second kappa shape index (κ2) is 6.75. The van der Waals surface area contributed by atoms with Gasteiger partial charge in [-0.25, -0.2) is 0 Å². The lowest BCUT2D eigenvalue weighted by Gasteiger charge is -2.43. The number of aliphatic hydroxyl groups excluding tert-OH is 1. The number of hydrogen-bond donors (Lipinski definition) is 1. The van der Waals surface area contributed by atoms with E-state index in [-0.39, 0.29) is 0 Å². The first kappa shape index (κ1) is 13.4. The molecule has 0 aromatic carbocycles. The maximum absolute atomic E-state index is 9.09. The average molecular weight is 239 g/mol. The number of aliphatic hydroxyl groups is 1. The lowest BCUT2D eigenvalue weighted by molar-refractivity contribution is 0.0685. The summed E-state index contributed by atoms with van der Waals surface area (Å²) < 4.78 is 0. The fourth-order valence-corrected chi connectivity index (χ4v) is 4.15. The number of rotatable bonds is 5. The third-order valence-electron chi connectivity index (χ3n) is 5.08. The zero-order valence-corrected chi connectivity index (χ0v) is 11.4. The molecule has 0 amide bonds. The molecule has 17 heavy (non-hydrogen) atoms. The van der Waals surface area contributed by atoms with E-state index in [0.29, 0.717) is 6.61 Å². The van der Waals surface area contributed by atoms with Crippen molar-refractivity contribution in [2.24, 2.45) is 17.8 Å². The zero-order chi connectivity index (χ0) is 12.1. The van der Waals surface area contributed by atoms with E-state index in [9.17, 15) is 0 Å². The minimum Gasteiger partial charge on any atom is -0.395 e. The van der Waals surface area contributed by atoms with Gasteiger partial charge in [-0.05, 0) is 37.1 Å². The monoisotopic (exact) mass is 239 g/mol. The van der Waals surface area contributed by atoms with Crippen molar-refractivity contribution >= 4 is 0 Å². The van der Waals surface area contributed by atoms with Gasteiger partial charge in [0.2, 0.25) is 0 Å². The smallest absolute Gasteiger partial charge is 0.0558 e. The van der Waals surface area contributed by atoms with Crippen LogP contribution < -0.4 is 0 Å². The molecule has 1 N–H and O–H groups in total. The first-order valence-corrected chi connectivity index (χ1v) is 7.68. The first-order chi connectivity index (χ1) is 8.35. The van der Waals surface area contributed by atoms with Gasteiger partial charge >= 0.3 is 0 Å². The molecule has 2 saturated carbocycles. The Bertz CT molecular complexity index is 217. The van der Waals surface area contributed by atoms with Crippen LogP contribution in [0.3, 0.4) is 0 Å². The van der Waals surface area contributed by atoms with Gasteiger partial charge in [-0.1, -0.05) is 39.0 Å². The predicted molar refractivity (Wildman–Crippen MR) is 72.0 cm³/mol. The van der Waals surface area contributed by atoms with Crippen molar-refractivity contribution in [3.8, 4) is 0 Å². The predicted octanol–water partition coefficient (Wildman–Crippen LogP) is 2.91. The van der Waals surface area contributed by atoms with Crippen molar-refractivity contribution in [2.45, 2.75) is 51.9 Å². The fraction of sp³-hybridized carbons (Fsp3) is 1.00. The van der Waals surface area contributed by atoms with Crippen molar-refractivity contribution in [2.75, 3.05) is 26.2 Å². The molecule has 0 spiro atoms. The van der Waals surface area contributed by atoms with Crippen LogP contribution in [0.15, 0.2) is 0 Å². The van der Waals surface area contributed by atoms with Crippen LogP contribution in [0, 0.1) is 17.8 Å². The van der Waals surface area contributed by atoms with E-state index in [4.69, 9.17) is 5.11 Å². The van der Waals surface area contributed by atoms with Crippen molar-refractivity contribution < 1.29 is 5.11 Å². The molecule has 2 nitrogen and oxygen atoms in total. The number of likely N-dealkylation sites (N-methyl/N-ethyl adjacent to an activating group) is 1. The SMILES string of the molecule is CCN(CCO)CC1CCCC2CCCCC21. The van der Waals surface area contributed by atoms with E-state index >= 15 is 0 Å². The summed E-state index contributed by atoms with van der Waals surface area (Å²) in [4.78, 5) is 2.45. The van der Waals surface area contributed by atoms with Crippen molar-refractivity contribution in [3.05, 3.63) is 0 Å². The lowest BCUT2D eigenvalue weighted by atomic mass is 9.65. The second-order valence-corrected chi connectivity index (χ2v) is 6.02. The summed E-state index contributed by atoms with van der Waals surface area (Å²) >= 11 is 0. The molecule has 2 aliphatic rings. The largest absolute Gasteiger partial charge is 0.395 e. The van der Waals surface area contributed by atoms with Crippen molar-refractivity contribution in [3.63, 3.8) is 0 Å². The Morgan fingerprint density at radius 3 is 2.59 bits per heavy atom. The van der Waals surface area contributed by atoms with Gasteiger partial charge in [0.1, 0.15) is 0 Å². The molecule has 2 heteroatoms. The molecule has 2 fully saturated rings. The molecule has 0 aromatic rings. The Kier molecular flexibility index (Phi) is 5.30. The highest BCUT2D eigenvalue weighted by atomic mass is 16.3. The highest BCUT2D eigenvalue weighted by molar-refractivity contribution is 4.86. The Hall–Kier alpha value is -0.0800. The van der Waals surface area contributed by atoms with E-state index in [1.54, 1.807) is 0 Å². The Labute approximate surface area is 106 Å². The molecule has 3 unspecified atom stereocenters. The van der Waals surface area contributed by atoms with Gasteiger partial charge in [0.15, 0.2) is 0 Å². The molecule has 100 valence electrons. The van der Waals surface area contributed by atoms with Crippen LogP contribution in [0.4, 0.5) is 0 Å². The summed E-state index contributed by atoms with van der Waals surface area (Å²) in [6.45, 7) is 5.72. The van der Waals surface area contributed by atoms with Gasteiger partial charge in [0.25, 0.3) is 0 Å². The molecule has 0 saturated heterocycles. The Balaban J connectivity index is 1.89. The summed E-state index contributed by atoms with van der Waals surface area (Å²) in [5, 5.41) is 9.09. The van der Waals surface area contributed by atoms with Crippen LogP contribution in [-0.2, 0) is 0 Å². The quantitative estimate of drug-likeness (QED) is 0.797. The maximum Gasteiger partial charge on any atom is 0.0558 e. The van der Waals surface area contributed by atoms with E-state index in [1.165, 1.54) is 51.5 Å². The molecule has 0 bridgehead atoms. The molecule has 2 rings (SSSR count). The van der Waals surface area contributed by atoms with Gasteiger partial charge in [-0.3, -0.25) is 0 Å². The van der Waals surface area contributed by atoms with Crippen LogP contribution in [0.25, 0.3) is 0 Å². The summed E-state index contributed by atoms with van der Waals surface area (Å²) in [7, 11) is 0. The molecule has 0 aliphatic heterocycles. The summed E-state index contributed by atoms with van der Waals surface area (Å²) in [6, 6.07) is 0. The van der Waals surface area contributed by atoms with E-state index in [0.717, 1.165) is 30.8 Å². The molecular weight excluding hydrogens is 210 g/mol. The van der Waals surface area contributed by atoms with E-state index in [2.05, 4.69) is 11.8 Å². The van der Waals surface area contributed by atoms with Gasteiger partial charge in [0, 0.05) is 13.1 Å². The second-order valence-electron chi connectivity index (χ2n) is 6.02. The van der Waals surface area contributed by atoms with Crippen LogP contribution in [0.1, 0.15) is 51.9 Å².